The molecule has 0 saturated heterocycles. The van der Waals surface area contributed by atoms with Crippen molar-refractivity contribution in [2.45, 2.75) is 19.1 Å². The number of hydrogen-bond acceptors (Lipinski definition) is 2. The molecule has 3 heteroatoms. The highest BCUT2D eigenvalue weighted by molar-refractivity contribution is 5.80. The Morgan fingerprint density at radius 3 is 1.85 bits per heavy atom. The van der Waals surface area contributed by atoms with Crippen molar-refractivity contribution in [1.82, 2.24) is 5.32 Å². The molecule has 2 aromatic rings. The van der Waals surface area contributed by atoms with Crippen LogP contribution in [-0.4, -0.2) is 18.5 Å². The Labute approximate surface area is 118 Å². The number of Topliss-reactive ketones (excluding diaryl/α,β-unsaturated/α-hetero) is 1. The van der Waals surface area contributed by atoms with Crippen LogP contribution in [-0.2, 0) is 4.79 Å². The van der Waals surface area contributed by atoms with Crippen LogP contribution in [0.25, 0.3) is 0 Å². The van der Waals surface area contributed by atoms with Gasteiger partial charge >= 0.3 is 0 Å². The molecule has 104 valence electrons. The smallest absolute Gasteiger partial charge is 0.170 e. The van der Waals surface area contributed by atoms with Crippen molar-refractivity contribution in [2.75, 3.05) is 6.54 Å². The summed E-state index contributed by atoms with van der Waals surface area (Å²) in [7, 11) is 0. The van der Waals surface area contributed by atoms with Crippen molar-refractivity contribution in [3.8, 4) is 0 Å². The number of alkyl halides is 1. The monoisotopic (exact) mass is 271 g/mol. The van der Waals surface area contributed by atoms with Crippen molar-refractivity contribution in [1.29, 1.82) is 0 Å². The van der Waals surface area contributed by atoms with Gasteiger partial charge in [0, 0.05) is 6.54 Å². The number of carbonyl (C=O) groups is 1. The number of halogens is 1. The number of benzene rings is 2. The highest BCUT2D eigenvalue weighted by Gasteiger charge is 2.17. The molecule has 0 radical (unpaired) electrons. The Bertz CT molecular complexity index is 502. The van der Waals surface area contributed by atoms with Crippen LogP contribution in [0.4, 0.5) is 4.39 Å². The van der Waals surface area contributed by atoms with Crippen molar-refractivity contribution in [2.24, 2.45) is 0 Å². The Balaban J connectivity index is 2.19. The Hall–Kier alpha value is -2.00. The Morgan fingerprint density at radius 2 is 1.45 bits per heavy atom. The maximum Gasteiger partial charge on any atom is 0.170 e. The second-order valence-corrected chi connectivity index (χ2v) is 4.74. The molecule has 0 amide bonds. The predicted molar refractivity (Wildman–Crippen MR) is 78.3 cm³/mol. The molecule has 1 unspecified atom stereocenters. The summed E-state index contributed by atoms with van der Waals surface area (Å²) in [5.41, 5.74) is 2.10. The van der Waals surface area contributed by atoms with Gasteiger partial charge in [-0.25, -0.2) is 4.39 Å². The topological polar surface area (TPSA) is 29.1 Å². The summed E-state index contributed by atoms with van der Waals surface area (Å²) in [4.78, 5) is 11.0. The van der Waals surface area contributed by atoms with Crippen LogP contribution in [0.1, 0.15) is 24.1 Å². The van der Waals surface area contributed by atoms with Crippen LogP contribution in [0.2, 0.25) is 0 Å². The summed E-state index contributed by atoms with van der Waals surface area (Å²) in [6.07, 6.45) is -1.47. The van der Waals surface area contributed by atoms with Gasteiger partial charge in [-0.15, -0.1) is 0 Å². The summed E-state index contributed by atoms with van der Waals surface area (Å²) < 4.78 is 13.5. The zero-order valence-electron chi connectivity index (χ0n) is 11.4. The molecule has 0 fully saturated rings. The first kappa shape index (κ1) is 14.4. The van der Waals surface area contributed by atoms with Gasteiger partial charge in [0.05, 0.1) is 6.04 Å². The number of ketones is 1. The van der Waals surface area contributed by atoms with Crippen molar-refractivity contribution in [3.05, 3.63) is 71.8 Å². The largest absolute Gasteiger partial charge is 0.303 e. The van der Waals surface area contributed by atoms with E-state index in [4.69, 9.17) is 0 Å². The molecule has 0 spiro atoms. The van der Waals surface area contributed by atoms with Crippen molar-refractivity contribution < 1.29 is 9.18 Å². The third-order valence-electron chi connectivity index (χ3n) is 3.21. The molecule has 20 heavy (non-hydrogen) atoms. The summed E-state index contributed by atoms with van der Waals surface area (Å²) >= 11 is 0. The minimum atomic E-state index is -1.47. The number of hydrogen-bond donors (Lipinski definition) is 1. The lowest BCUT2D eigenvalue weighted by molar-refractivity contribution is -0.121. The minimum Gasteiger partial charge on any atom is -0.303 e. The average Bonchev–Trinajstić information content (AvgIpc) is 2.49. The number of nitrogens with one attached hydrogen (secondary N) is 1. The van der Waals surface area contributed by atoms with E-state index in [1.165, 1.54) is 6.92 Å². The molecule has 0 aliphatic rings. The van der Waals surface area contributed by atoms with Crippen LogP contribution in [0, 0.1) is 0 Å². The molecule has 0 heterocycles. The van der Waals surface area contributed by atoms with Gasteiger partial charge in [-0.05, 0) is 18.1 Å². The molecule has 0 bridgehead atoms. The van der Waals surface area contributed by atoms with Gasteiger partial charge in [0.2, 0.25) is 0 Å². The zero-order chi connectivity index (χ0) is 14.4. The molecule has 1 atom stereocenters. The molecule has 2 nitrogen and oxygen atoms in total. The van der Waals surface area contributed by atoms with Crippen LogP contribution in [0.3, 0.4) is 0 Å². The first-order valence-electron chi connectivity index (χ1n) is 6.66. The van der Waals surface area contributed by atoms with Gasteiger partial charge in [-0.2, -0.15) is 0 Å². The zero-order valence-corrected chi connectivity index (χ0v) is 11.4. The average molecular weight is 271 g/mol. The van der Waals surface area contributed by atoms with Gasteiger partial charge in [0.15, 0.2) is 12.0 Å². The fraction of sp³-hybridized carbons (Fsp3) is 0.235. The first-order chi connectivity index (χ1) is 9.68. The summed E-state index contributed by atoms with van der Waals surface area (Å²) in [6.45, 7) is 1.29. The van der Waals surface area contributed by atoms with E-state index in [2.05, 4.69) is 5.32 Å². The van der Waals surface area contributed by atoms with Gasteiger partial charge in [-0.1, -0.05) is 60.7 Å². The van der Waals surface area contributed by atoms with E-state index in [-0.39, 0.29) is 12.6 Å². The van der Waals surface area contributed by atoms with Crippen LogP contribution in [0.15, 0.2) is 60.7 Å². The minimum absolute atomic E-state index is 0.0176. The van der Waals surface area contributed by atoms with Gasteiger partial charge in [0.25, 0.3) is 0 Å². The van der Waals surface area contributed by atoms with E-state index in [0.717, 1.165) is 11.1 Å². The van der Waals surface area contributed by atoms with Crippen molar-refractivity contribution in [3.63, 3.8) is 0 Å². The maximum atomic E-state index is 13.5. The maximum absolute atomic E-state index is 13.5. The molecule has 0 saturated carbocycles. The standard InChI is InChI=1S/C17H18FNO/c1-13(20)16(18)12-19-17(14-8-4-2-5-9-14)15-10-6-3-7-11-15/h2-11,16-17,19H,12H2,1H3. The molecule has 0 aliphatic heterocycles. The van der Waals surface area contributed by atoms with E-state index in [0.29, 0.717) is 0 Å². The third-order valence-corrected chi connectivity index (χ3v) is 3.21. The lowest BCUT2D eigenvalue weighted by atomic mass is 9.98. The van der Waals surface area contributed by atoms with Crippen molar-refractivity contribution >= 4 is 5.78 Å². The number of rotatable bonds is 6. The van der Waals surface area contributed by atoms with E-state index in [1.54, 1.807) is 0 Å². The van der Waals surface area contributed by atoms with Gasteiger partial charge < -0.3 is 5.32 Å². The van der Waals surface area contributed by atoms with E-state index < -0.39 is 12.0 Å². The molecule has 2 rings (SSSR count). The Kier molecular flexibility index (Phi) is 5.02. The van der Waals surface area contributed by atoms with Crippen LogP contribution >= 0.6 is 0 Å². The highest BCUT2D eigenvalue weighted by atomic mass is 19.1. The van der Waals surface area contributed by atoms with E-state index in [1.807, 2.05) is 60.7 Å². The molecule has 1 N–H and O–H groups in total. The normalized spacial score (nSPS) is 12.3. The fourth-order valence-electron chi connectivity index (χ4n) is 2.08. The van der Waals surface area contributed by atoms with Gasteiger partial charge in [-0.3, -0.25) is 4.79 Å². The first-order valence-corrected chi connectivity index (χ1v) is 6.66. The Morgan fingerprint density at radius 1 is 1.00 bits per heavy atom. The SMILES string of the molecule is CC(=O)C(F)CNC(c1ccccc1)c1ccccc1. The summed E-state index contributed by atoms with van der Waals surface area (Å²) in [5, 5.41) is 3.14. The lowest BCUT2D eigenvalue weighted by Crippen LogP contribution is -2.32. The van der Waals surface area contributed by atoms with E-state index in [9.17, 15) is 9.18 Å². The van der Waals surface area contributed by atoms with Crippen LogP contribution in [0.5, 0.6) is 0 Å². The molecular weight excluding hydrogens is 253 g/mol. The van der Waals surface area contributed by atoms with E-state index >= 15 is 0 Å². The molecular formula is C17H18FNO. The molecule has 2 aromatic carbocycles. The third kappa shape index (κ3) is 3.75. The summed E-state index contributed by atoms with van der Waals surface area (Å²) in [5.74, 6) is -0.447. The number of carbonyl (C=O) groups excluding carboxylic acids is 1. The second-order valence-electron chi connectivity index (χ2n) is 4.74. The molecule has 0 aliphatic carbocycles. The fourth-order valence-corrected chi connectivity index (χ4v) is 2.08. The second kappa shape index (κ2) is 6.96. The molecule has 0 aromatic heterocycles. The summed E-state index contributed by atoms with van der Waals surface area (Å²) in [6, 6.07) is 19.5. The van der Waals surface area contributed by atoms with Gasteiger partial charge in [0.1, 0.15) is 0 Å². The quantitative estimate of drug-likeness (QED) is 0.873. The lowest BCUT2D eigenvalue weighted by Gasteiger charge is -2.20. The predicted octanol–water partition coefficient (Wildman–Crippen LogP) is 3.29. The highest BCUT2D eigenvalue weighted by Crippen LogP contribution is 2.21. The van der Waals surface area contributed by atoms with Crippen LogP contribution < -0.4 is 5.32 Å².